The number of aromatic hydroxyl groups is 1. The number of piperazine rings is 3. The van der Waals surface area contributed by atoms with Crippen LogP contribution in [0.4, 0.5) is 49.5 Å². The molecule has 0 bridgehead atoms. The maximum Gasteiger partial charge on any atom is 0.373 e. The molecule has 5 N–H and O–H groups in total. The lowest BCUT2D eigenvalue weighted by molar-refractivity contribution is -0.129. The first-order valence-corrected chi connectivity index (χ1v) is 47.3. The zero-order valence-electron chi connectivity index (χ0n) is 80.3. The Morgan fingerprint density at radius 2 is 0.887 bits per heavy atom. The Labute approximate surface area is 816 Å². The summed E-state index contributed by atoms with van der Waals surface area (Å²) < 4.78 is 94.4. The zero-order valence-corrected chi connectivity index (χ0v) is 81.1. The molecule has 13 heterocycles. The van der Waals surface area contributed by atoms with E-state index in [2.05, 4.69) is 68.0 Å². The van der Waals surface area contributed by atoms with E-state index >= 15 is 22.0 Å². The monoisotopic (exact) mass is 1970 g/mol. The number of rotatable bonds is 22. The summed E-state index contributed by atoms with van der Waals surface area (Å²) in [5.41, 5.74) is 6.37. The van der Waals surface area contributed by atoms with Crippen LogP contribution in [0.25, 0.3) is 83.9 Å². The molecule has 12 aromatic rings. The first kappa shape index (κ1) is 100. The average Bonchev–Trinajstić information content (AvgIpc) is 1.49. The lowest BCUT2D eigenvalue weighted by Gasteiger charge is -2.44. The number of amides is 3. The Balaban J connectivity index is 0.000000153. The number of likely N-dealkylation sites (tertiary alicyclic amines) is 1. The van der Waals surface area contributed by atoms with Gasteiger partial charge in [0, 0.05) is 125 Å². The second kappa shape index (κ2) is 40.4. The summed E-state index contributed by atoms with van der Waals surface area (Å²) in [5.74, 6) is -9.43. The molecular formula is C101H106ClF6N23O11. The van der Waals surface area contributed by atoms with Gasteiger partial charge in [-0.15, -0.1) is 0 Å². The number of anilines is 4. The highest BCUT2D eigenvalue weighted by atomic mass is 35.5. The van der Waals surface area contributed by atoms with Crippen LogP contribution in [0.15, 0.2) is 137 Å². The van der Waals surface area contributed by atoms with Gasteiger partial charge in [-0.3, -0.25) is 19.3 Å². The fourth-order valence-electron chi connectivity index (χ4n) is 18.7. The second-order valence-corrected chi connectivity index (χ2v) is 38.2. The number of aromatic nitrogens is 15. The van der Waals surface area contributed by atoms with Gasteiger partial charge in [0.25, 0.3) is 0 Å². The van der Waals surface area contributed by atoms with E-state index in [9.17, 15) is 58.1 Å². The number of hydrogen-bond acceptors (Lipinski definition) is 26. The Morgan fingerprint density at radius 3 is 1.32 bits per heavy atom. The van der Waals surface area contributed by atoms with Crippen LogP contribution in [0.3, 0.4) is 0 Å². The summed E-state index contributed by atoms with van der Waals surface area (Å²) in [6.45, 7) is 34.3. The van der Waals surface area contributed by atoms with Crippen LogP contribution < -0.4 is 37.5 Å². The lowest BCUT2D eigenvalue weighted by Crippen LogP contribution is -2.58. The highest BCUT2D eigenvalue weighted by Gasteiger charge is 2.42. The van der Waals surface area contributed by atoms with Crippen LogP contribution in [0.1, 0.15) is 207 Å². The van der Waals surface area contributed by atoms with Gasteiger partial charge in [0.15, 0.2) is 22.8 Å². The van der Waals surface area contributed by atoms with Gasteiger partial charge in [-0.2, -0.15) is 15.0 Å². The van der Waals surface area contributed by atoms with Gasteiger partial charge < -0.3 is 50.5 Å². The number of benzene rings is 3. The SMILES string of the molecule is C=CC(=O)N1C[C@H](C)N(c2nc(=O)n(-c3c(C(C)C)nc(C(=O)O)nc3C(C)C)c3nc(-c4c(O)cccc4F)c(F)cc23)C[C@H]1C.C=CC(=O)N1C[C@H](C)N(c2nc(=O)n(-c3c(C(C)C)nc(C(=O)O)nc3C(C)C)c3nc(-c4ccccc4F)c(F)cc23)C[C@H]1C.C[C@H]1CN(C(=O)/C=C/CN2CC(F)C2)CCN1c1nc(=O)n(-c2c(C3CC3)ncnc2C2CC2)c2nc(-c3c(N)cccc3F)c(Cl)cc12. The molecule has 142 heavy (non-hydrogen) atoms. The Morgan fingerprint density at radius 1 is 0.472 bits per heavy atom. The number of fused-ring (bicyclic) bond motifs is 3. The van der Waals surface area contributed by atoms with E-state index in [1.807, 2.05) is 49.3 Å². The maximum atomic E-state index is 16.1. The molecule has 0 radical (unpaired) electrons. The maximum absolute atomic E-state index is 16.1. The number of phenols is 1. The molecule has 3 aromatic carbocycles. The number of halogens is 7. The second-order valence-electron chi connectivity index (χ2n) is 37.8. The van der Waals surface area contributed by atoms with Gasteiger partial charge in [-0.1, -0.05) is 110 Å². The van der Waals surface area contributed by atoms with Gasteiger partial charge in [-0.05, 0) is 151 Å². The van der Waals surface area contributed by atoms with E-state index in [1.165, 1.54) is 69.8 Å². The van der Waals surface area contributed by atoms with Crippen molar-refractivity contribution in [3.8, 4) is 56.6 Å². The fourth-order valence-corrected chi connectivity index (χ4v) is 19.0. The molecule has 2 aliphatic carbocycles. The minimum absolute atomic E-state index is 0.0328. The molecule has 3 amide bonds. The summed E-state index contributed by atoms with van der Waals surface area (Å²) in [4.78, 5) is 171. The molecule has 0 unspecified atom stereocenters. The van der Waals surface area contributed by atoms with Crippen LogP contribution >= 0.6 is 11.6 Å². The Hall–Kier alpha value is -14.8. The van der Waals surface area contributed by atoms with E-state index in [4.69, 9.17) is 22.3 Å². The number of phenolic OH excluding ortho intramolecular Hbond substituents is 1. The summed E-state index contributed by atoms with van der Waals surface area (Å²) in [7, 11) is 0. The topological polar surface area (TPSA) is 415 Å². The molecular weight excluding hydrogens is 1860 g/mol. The molecule has 18 rings (SSSR count). The van der Waals surface area contributed by atoms with Crippen LogP contribution in [0.5, 0.6) is 5.75 Å². The first-order chi connectivity index (χ1) is 67.6. The minimum atomic E-state index is -1.36. The standard InChI is InChI=1S/C35H36ClF2N9O2.C33H35F2N7O5.C33H35F2N7O4/c1-19-15-45(27(48)6-3-11-44-16-22(37)17-44)12-13-46(19)33-23-14-24(36)31(28-25(38)4-2-5-26(28)39)42-34(23)47(35(49)43-33)32-29(20-7-8-20)40-18-41-30(32)21-9-10-21;1-8-23(44)40-13-18(7)41(14-17(40)6)30-19-12-21(35)27(24-20(34)10-9-11-22(24)43)38-31(19)42(33(47)39-30)28-25(15(2)3)36-29(32(45)46)37-26(28)16(4)5;1-8-24(43)40-14-19(7)41(15-18(40)6)30-21-13-23(35)27(20-11-9-10-12-22(20)34)38-31(21)42(33(46)39-30)28-25(16(2)3)36-29(32(44)45)37-26(28)17(4)5/h2-6,14,18-22H,7-13,15-17,39H2,1H3;8-12,15-18,43H,1,13-14H2,2-7H3,(H,45,46);8-13,16-19H,1,14-15H2,2-7H3,(H,44,45)/b6-3+;;/t19-;17-,18+;18-,19+/m011/s1. The normalized spacial score (nSPS) is 18.0. The number of alkyl halides is 1. The summed E-state index contributed by atoms with van der Waals surface area (Å²) in [5, 5.41) is 31.0. The summed E-state index contributed by atoms with van der Waals surface area (Å²) >= 11 is 6.88. The molecule has 6 fully saturated rings. The number of carbonyl (C=O) groups is 5. The van der Waals surface area contributed by atoms with Crippen molar-refractivity contribution in [3.05, 3.63) is 234 Å². The number of carboxylic acids is 2. The quantitative estimate of drug-likeness (QED) is 0.0278. The third-order valence-electron chi connectivity index (χ3n) is 26.1. The van der Waals surface area contributed by atoms with Crippen molar-refractivity contribution in [2.24, 2.45) is 0 Å². The van der Waals surface area contributed by atoms with Crippen molar-refractivity contribution in [3.63, 3.8) is 0 Å². The molecule has 6 aliphatic rings. The largest absolute Gasteiger partial charge is 0.507 e. The predicted octanol–water partition coefficient (Wildman–Crippen LogP) is 14.5. The van der Waals surface area contributed by atoms with E-state index in [0.29, 0.717) is 62.7 Å². The number of nitrogens with two attached hydrogens (primary N) is 1. The smallest absolute Gasteiger partial charge is 0.373 e. The number of hydrogen-bond donors (Lipinski definition) is 4. The number of carbonyl (C=O) groups excluding carboxylic acids is 3. The van der Waals surface area contributed by atoms with Gasteiger partial charge >= 0.3 is 29.0 Å². The Bertz CT molecular complexity index is 7220. The number of nitrogens with zero attached hydrogens (tertiary/aromatic N) is 22. The molecule has 2 saturated carbocycles. The lowest BCUT2D eigenvalue weighted by atomic mass is 10.0. The van der Waals surface area contributed by atoms with Gasteiger partial charge in [0.05, 0.1) is 89.2 Å². The highest BCUT2D eigenvalue weighted by Crippen LogP contribution is 2.49. The van der Waals surface area contributed by atoms with Crippen LogP contribution in [0, 0.1) is 29.1 Å². The third-order valence-corrected chi connectivity index (χ3v) is 26.4. The van der Waals surface area contributed by atoms with Crippen molar-refractivity contribution in [2.45, 2.75) is 188 Å². The van der Waals surface area contributed by atoms with Crippen molar-refractivity contribution in [2.75, 3.05) is 85.9 Å². The van der Waals surface area contributed by atoms with E-state index in [0.717, 1.165) is 53.8 Å². The summed E-state index contributed by atoms with van der Waals surface area (Å²) in [6, 6.07) is 15.8. The predicted molar refractivity (Wildman–Crippen MR) is 524 cm³/mol. The van der Waals surface area contributed by atoms with Crippen molar-refractivity contribution >= 4 is 97.5 Å². The molecule has 34 nitrogen and oxygen atoms in total. The molecule has 740 valence electrons. The van der Waals surface area contributed by atoms with Crippen molar-refractivity contribution in [1.82, 2.24) is 93.1 Å². The van der Waals surface area contributed by atoms with E-state index < -0.39 is 105 Å². The zero-order chi connectivity index (χ0) is 102. The molecule has 9 aromatic heterocycles. The van der Waals surface area contributed by atoms with Gasteiger partial charge in [0.2, 0.25) is 29.4 Å². The highest BCUT2D eigenvalue weighted by molar-refractivity contribution is 6.34. The van der Waals surface area contributed by atoms with Gasteiger partial charge in [-0.25, -0.2) is 109 Å². The van der Waals surface area contributed by atoms with Crippen LogP contribution in [-0.2, 0) is 14.4 Å². The number of pyridine rings is 3. The van der Waals surface area contributed by atoms with Crippen molar-refractivity contribution < 1.29 is 65.6 Å². The Kier molecular flexibility index (Phi) is 28.5. The summed E-state index contributed by atoms with van der Waals surface area (Å²) in [6.07, 6.45) is 10.4. The number of carboxylic acid groups (broad SMARTS) is 2. The van der Waals surface area contributed by atoms with Crippen LogP contribution in [0.2, 0.25) is 5.02 Å². The van der Waals surface area contributed by atoms with E-state index in [-0.39, 0.29) is 198 Å². The van der Waals surface area contributed by atoms with Crippen molar-refractivity contribution in [1.29, 1.82) is 0 Å². The molecule has 4 saturated heterocycles. The number of aromatic carboxylic acids is 2. The fraction of sp³-hybridized carbons (Fsp3) is 0.386. The third kappa shape index (κ3) is 19.4. The van der Waals surface area contributed by atoms with Crippen LogP contribution in [-0.4, -0.2) is 240 Å². The molecule has 4 aliphatic heterocycles. The minimum Gasteiger partial charge on any atom is -0.507 e. The first-order valence-electron chi connectivity index (χ1n) is 46.9. The number of nitrogen functional groups attached to an aromatic ring is 1. The molecule has 0 spiro atoms. The molecule has 41 heteroatoms. The van der Waals surface area contributed by atoms with Gasteiger partial charge in [0.1, 0.15) is 70.4 Å². The molecule has 5 atom stereocenters. The average molecular weight is 1970 g/mol. The van der Waals surface area contributed by atoms with E-state index in [1.54, 1.807) is 112 Å².